The summed E-state index contributed by atoms with van der Waals surface area (Å²) in [7, 11) is 0. The maximum absolute atomic E-state index is 13.1. The number of amides is 3. The quantitative estimate of drug-likeness (QED) is 0.786. The Morgan fingerprint density at radius 1 is 0.969 bits per heavy atom. The van der Waals surface area contributed by atoms with Crippen molar-refractivity contribution in [1.82, 2.24) is 15.0 Å². The van der Waals surface area contributed by atoms with E-state index in [4.69, 9.17) is 4.52 Å². The third-order valence-electron chi connectivity index (χ3n) is 6.28. The van der Waals surface area contributed by atoms with Gasteiger partial charge in [0, 0.05) is 49.6 Å². The van der Waals surface area contributed by atoms with Crippen LogP contribution in [0.15, 0.2) is 34.9 Å². The number of nitrogens with zero attached hydrogens (tertiary/aromatic N) is 3. The van der Waals surface area contributed by atoms with Crippen LogP contribution >= 0.6 is 0 Å². The molecule has 2 aromatic rings. The number of hydrogen-bond donors (Lipinski definition) is 1. The third kappa shape index (κ3) is 4.98. The number of anilines is 1. The second-order valence-corrected chi connectivity index (χ2v) is 8.48. The average Bonchev–Trinajstić information content (AvgIpc) is 3.23. The first kappa shape index (κ1) is 22.0. The summed E-state index contributed by atoms with van der Waals surface area (Å²) in [5, 5.41) is 6.55. The fraction of sp³-hybridized carbons (Fsp3) is 0.478. The van der Waals surface area contributed by atoms with Crippen LogP contribution in [0.5, 0.6) is 0 Å². The van der Waals surface area contributed by atoms with Gasteiger partial charge in [-0.15, -0.1) is 0 Å². The lowest BCUT2D eigenvalue weighted by atomic mass is 9.91. The van der Waals surface area contributed by atoms with Crippen LogP contribution in [-0.2, 0) is 9.59 Å². The molecule has 4 rings (SSSR count). The van der Waals surface area contributed by atoms with Crippen molar-refractivity contribution < 1.29 is 23.3 Å². The minimum absolute atomic E-state index is 0.0991. The van der Waals surface area contributed by atoms with Crippen LogP contribution < -0.4 is 5.32 Å². The van der Waals surface area contributed by atoms with Gasteiger partial charge in [-0.3, -0.25) is 14.4 Å². The first-order chi connectivity index (χ1) is 15.4. The van der Waals surface area contributed by atoms with Crippen molar-refractivity contribution in [3.05, 3.63) is 47.5 Å². The third-order valence-corrected chi connectivity index (χ3v) is 6.28. The van der Waals surface area contributed by atoms with Crippen molar-refractivity contribution in [2.45, 2.75) is 32.6 Å². The van der Waals surface area contributed by atoms with Crippen molar-refractivity contribution in [3.8, 4) is 0 Å². The van der Waals surface area contributed by atoms with Crippen molar-refractivity contribution >= 4 is 23.5 Å². The van der Waals surface area contributed by atoms with E-state index in [1.165, 1.54) is 24.3 Å². The number of aryl methyl sites for hydroxylation is 1. The maximum Gasteiger partial charge on any atom is 0.253 e. The maximum atomic E-state index is 13.1. The fourth-order valence-electron chi connectivity index (χ4n) is 4.38. The summed E-state index contributed by atoms with van der Waals surface area (Å²) < 4.78 is 18.0. The van der Waals surface area contributed by atoms with Crippen LogP contribution in [0.25, 0.3) is 0 Å². The zero-order valence-corrected chi connectivity index (χ0v) is 18.1. The highest BCUT2D eigenvalue weighted by molar-refractivity contribution is 5.94. The molecule has 2 saturated heterocycles. The van der Waals surface area contributed by atoms with E-state index in [1.54, 1.807) is 17.9 Å². The van der Waals surface area contributed by atoms with Crippen LogP contribution in [0.1, 0.15) is 41.8 Å². The lowest BCUT2D eigenvalue weighted by molar-refractivity contribution is -0.139. The molecule has 9 heteroatoms. The second kappa shape index (κ2) is 9.50. The molecule has 1 N–H and O–H groups in total. The van der Waals surface area contributed by atoms with Gasteiger partial charge in [0.1, 0.15) is 11.6 Å². The van der Waals surface area contributed by atoms with Gasteiger partial charge < -0.3 is 19.6 Å². The highest BCUT2D eigenvalue weighted by Crippen LogP contribution is 2.25. The van der Waals surface area contributed by atoms with E-state index in [1.807, 2.05) is 4.90 Å². The smallest absolute Gasteiger partial charge is 0.253 e. The topological polar surface area (TPSA) is 95.8 Å². The zero-order valence-electron chi connectivity index (χ0n) is 18.1. The minimum Gasteiger partial charge on any atom is -0.360 e. The largest absolute Gasteiger partial charge is 0.360 e. The molecule has 2 fully saturated rings. The Kier molecular flexibility index (Phi) is 6.53. The lowest BCUT2D eigenvalue weighted by Crippen LogP contribution is -2.47. The fourth-order valence-corrected chi connectivity index (χ4v) is 4.38. The summed E-state index contributed by atoms with van der Waals surface area (Å²) in [6.07, 6.45) is 2.43. The van der Waals surface area contributed by atoms with E-state index < -0.39 is 0 Å². The lowest BCUT2D eigenvalue weighted by Gasteiger charge is -2.37. The van der Waals surface area contributed by atoms with Crippen molar-refractivity contribution in [3.63, 3.8) is 0 Å². The monoisotopic (exact) mass is 442 g/mol. The molecule has 0 radical (unpaired) electrons. The van der Waals surface area contributed by atoms with Crippen molar-refractivity contribution in [1.29, 1.82) is 0 Å². The van der Waals surface area contributed by atoms with Gasteiger partial charge in [-0.1, -0.05) is 5.16 Å². The van der Waals surface area contributed by atoms with Crippen molar-refractivity contribution in [2.24, 2.45) is 11.8 Å². The summed E-state index contributed by atoms with van der Waals surface area (Å²) in [5.41, 5.74) is 0.456. The molecule has 2 aliphatic heterocycles. The van der Waals surface area contributed by atoms with Gasteiger partial charge in [-0.05, 0) is 56.9 Å². The van der Waals surface area contributed by atoms with Gasteiger partial charge in [-0.2, -0.15) is 0 Å². The molecule has 3 amide bonds. The average molecular weight is 442 g/mol. The van der Waals surface area contributed by atoms with Gasteiger partial charge in [0.15, 0.2) is 5.82 Å². The molecular formula is C23H27FN4O4. The molecule has 1 aromatic carbocycles. The van der Waals surface area contributed by atoms with Gasteiger partial charge in [0.2, 0.25) is 11.8 Å². The molecule has 0 aliphatic carbocycles. The predicted molar refractivity (Wildman–Crippen MR) is 114 cm³/mol. The summed E-state index contributed by atoms with van der Waals surface area (Å²) in [6.45, 7) is 3.86. The molecule has 0 spiro atoms. The zero-order chi connectivity index (χ0) is 22.7. The Balaban J connectivity index is 1.23. The Morgan fingerprint density at radius 2 is 1.56 bits per heavy atom. The highest BCUT2D eigenvalue weighted by atomic mass is 19.1. The summed E-state index contributed by atoms with van der Waals surface area (Å²) >= 11 is 0. The van der Waals surface area contributed by atoms with Crippen molar-refractivity contribution in [2.75, 3.05) is 31.5 Å². The molecule has 0 saturated carbocycles. The number of carbonyl (C=O) groups is 3. The van der Waals surface area contributed by atoms with Crippen LogP contribution in [0.2, 0.25) is 0 Å². The molecule has 3 heterocycles. The normalized spacial score (nSPS) is 17.9. The minimum atomic E-state index is -0.375. The molecule has 32 heavy (non-hydrogen) atoms. The summed E-state index contributed by atoms with van der Waals surface area (Å²) in [5.74, 6) is 0.259. The number of carbonyl (C=O) groups excluding carboxylic acids is 3. The van der Waals surface area contributed by atoms with E-state index in [-0.39, 0.29) is 35.4 Å². The van der Waals surface area contributed by atoms with Crippen LogP contribution in [-0.4, -0.2) is 58.9 Å². The number of halogens is 1. The number of benzene rings is 1. The van der Waals surface area contributed by atoms with Gasteiger partial charge in [-0.25, -0.2) is 4.39 Å². The van der Waals surface area contributed by atoms with Crippen LogP contribution in [0.4, 0.5) is 10.2 Å². The molecule has 170 valence electrons. The van der Waals surface area contributed by atoms with Crippen LogP contribution in [0, 0.1) is 24.6 Å². The first-order valence-corrected chi connectivity index (χ1v) is 11.0. The first-order valence-electron chi connectivity index (χ1n) is 11.0. The van der Waals surface area contributed by atoms with E-state index >= 15 is 0 Å². The second-order valence-electron chi connectivity index (χ2n) is 8.48. The highest BCUT2D eigenvalue weighted by Gasteiger charge is 2.33. The Labute approximate surface area is 185 Å². The molecule has 8 nitrogen and oxygen atoms in total. The predicted octanol–water partition coefficient (Wildman–Crippen LogP) is 2.85. The number of rotatable bonds is 4. The Bertz CT molecular complexity index is 974. The number of likely N-dealkylation sites (tertiary alicyclic amines) is 2. The van der Waals surface area contributed by atoms with E-state index in [2.05, 4.69) is 10.5 Å². The van der Waals surface area contributed by atoms with E-state index in [0.717, 1.165) is 0 Å². The number of nitrogens with one attached hydrogen (secondary N) is 1. The SMILES string of the molecule is Cc1cc(NC(=O)C2CCN(C(=O)C3CCN(C(=O)c4ccc(F)cc4)CC3)CC2)no1. The van der Waals surface area contributed by atoms with Crippen LogP contribution in [0.3, 0.4) is 0 Å². The Hall–Kier alpha value is -3.23. The molecule has 0 bridgehead atoms. The molecule has 2 aliphatic rings. The van der Waals surface area contributed by atoms with Gasteiger partial charge in [0.05, 0.1) is 0 Å². The van der Waals surface area contributed by atoms with Gasteiger partial charge in [0.25, 0.3) is 5.91 Å². The van der Waals surface area contributed by atoms with Gasteiger partial charge >= 0.3 is 0 Å². The summed E-state index contributed by atoms with van der Waals surface area (Å²) in [6, 6.07) is 7.20. The Morgan fingerprint density at radius 3 is 2.16 bits per heavy atom. The number of hydrogen-bond acceptors (Lipinski definition) is 5. The molecule has 0 unspecified atom stereocenters. The molecule has 0 atom stereocenters. The molecular weight excluding hydrogens is 415 g/mol. The standard InChI is InChI=1S/C23H27FN4O4/c1-15-14-20(26-32-15)25-21(29)16-6-10-27(11-7-16)23(31)18-8-12-28(13-9-18)22(30)17-2-4-19(24)5-3-17/h2-5,14,16,18H,6-13H2,1H3,(H,25,26,29). The number of piperidine rings is 2. The van der Waals surface area contributed by atoms with E-state index in [0.29, 0.717) is 69.0 Å². The van der Waals surface area contributed by atoms with E-state index in [9.17, 15) is 18.8 Å². The summed E-state index contributed by atoms with van der Waals surface area (Å²) in [4.78, 5) is 41.5. The molecule has 1 aromatic heterocycles. The number of aromatic nitrogens is 1.